The van der Waals surface area contributed by atoms with E-state index in [4.69, 9.17) is 4.74 Å². The fraction of sp³-hybridized carbons (Fsp3) is 0.346. The largest absolute Gasteiger partial charge is 0.491 e. The summed E-state index contributed by atoms with van der Waals surface area (Å²) in [6.07, 6.45) is 20.1. The maximum Gasteiger partial charge on any atom is 0.225 e. The standard InChI is InChI=1S/C26H30N6O/c1-2-3-21-18-28-26(29-19-21)31-15-10-25(11-16-31)33-24-8-13-30(14-9-24)22-4-6-23(7-5-22)32-17-12-27-20-32/h4-9,12-13,17-20,25H,2-3,10-11,14-16H2,1H3. The van der Waals surface area contributed by atoms with Crippen LogP contribution in [-0.4, -0.2) is 45.3 Å². The lowest BCUT2D eigenvalue weighted by molar-refractivity contribution is 0.101. The van der Waals surface area contributed by atoms with Crippen molar-refractivity contribution in [2.45, 2.75) is 38.7 Å². The number of aryl methyl sites for hydroxylation is 1. The van der Waals surface area contributed by atoms with Gasteiger partial charge in [-0.1, -0.05) is 13.3 Å². The average molecular weight is 443 g/mol. The van der Waals surface area contributed by atoms with Crippen LogP contribution in [0.1, 0.15) is 31.7 Å². The first-order chi connectivity index (χ1) is 16.3. The van der Waals surface area contributed by atoms with Crippen molar-refractivity contribution in [1.29, 1.82) is 0 Å². The molecule has 3 aromatic rings. The smallest absolute Gasteiger partial charge is 0.225 e. The summed E-state index contributed by atoms with van der Waals surface area (Å²) < 4.78 is 8.29. The van der Waals surface area contributed by atoms with Crippen molar-refractivity contribution in [2.24, 2.45) is 0 Å². The molecule has 170 valence electrons. The highest BCUT2D eigenvalue weighted by molar-refractivity contribution is 5.55. The van der Waals surface area contributed by atoms with Gasteiger partial charge >= 0.3 is 0 Å². The van der Waals surface area contributed by atoms with Crippen LogP contribution in [0.3, 0.4) is 0 Å². The van der Waals surface area contributed by atoms with E-state index in [0.717, 1.165) is 68.4 Å². The Bertz CT molecular complexity index is 1080. The van der Waals surface area contributed by atoms with E-state index in [1.807, 2.05) is 29.5 Å². The molecule has 0 bridgehead atoms. The molecule has 5 rings (SSSR count). The summed E-state index contributed by atoms with van der Waals surface area (Å²) in [5, 5.41) is 0. The van der Waals surface area contributed by atoms with E-state index in [9.17, 15) is 0 Å². The van der Waals surface area contributed by atoms with Gasteiger partial charge in [-0.3, -0.25) is 0 Å². The lowest BCUT2D eigenvalue weighted by atomic mass is 10.1. The van der Waals surface area contributed by atoms with Crippen LogP contribution in [0.25, 0.3) is 5.69 Å². The monoisotopic (exact) mass is 442 g/mol. The summed E-state index contributed by atoms with van der Waals surface area (Å²) in [6.45, 7) is 4.81. The van der Waals surface area contributed by atoms with E-state index >= 15 is 0 Å². The predicted molar refractivity (Wildman–Crippen MR) is 130 cm³/mol. The van der Waals surface area contributed by atoms with Crippen LogP contribution in [-0.2, 0) is 11.2 Å². The van der Waals surface area contributed by atoms with Crippen LogP contribution in [0.4, 0.5) is 11.6 Å². The summed E-state index contributed by atoms with van der Waals surface area (Å²) in [6, 6.07) is 8.47. The van der Waals surface area contributed by atoms with Gasteiger partial charge < -0.3 is 19.1 Å². The molecule has 2 aliphatic rings. The van der Waals surface area contributed by atoms with Crippen molar-refractivity contribution >= 4 is 11.6 Å². The third kappa shape index (κ3) is 5.08. The zero-order valence-corrected chi connectivity index (χ0v) is 19.0. The summed E-state index contributed by atoms with van der Waals surface area (Å²) >= 11 is 0. The van der Waals surface area contributed by atoms with Crippen LogP contribution in [0, 0.1) is 0 Å². The zero-order chi connectivity index (χ0) is 22.5. The summed E-state index contributed by atoms with van der Waals surface area (Å²) in [4.78, 5) is 17.7. The molecule has 0 radical (unpaired) electrons. The van der Waals surface area contributed by atoms with Crippen LogP contribution in [0.15, 0.2) is 79.5 Å². The van der Waals surface area contributed by atoms with Gasteiger partial charge in [-0.25, -0.2) is 15.0 Å². The van der Waals surface area contributed by atoms with Gasteiger partial charge in [0.1, 0.15) is 11.9 Å². The Morgan fingerprint density at radius 1 is 1.03 bits per heavy atom. The molecule has 0 atom stereocenters. The topological polar surface area (TPSA) is 59.3 Å². The van der Waals surface area contributed by atoms with E-state index in [0.29, 0.717) is 0 Å². The number of benzene rings is 1. The Balaban J connectivity index is 1.10. The molecule has 4 heterocycles. The fourth-order valence-corrected chi connectivity index (χ4v) is 4.28. The Kier molecular flexibility index (Phi) is 6.37. The number of allylic oxidation sites excluding steroid dienone is 1. The third-order valence-electron chi connectivity index (χ3n) is 6.15. The number of aromatic nitrogens is 4. The third-order valence-corrected chi connectivity index (χ3v) is 6.15. The maximum absolute atomic E-state index is 6.29. The molecular weight excluding hydrogens is 412 g/mol. The van der Waals surface area contributed by atoms with Gasteiger partial charge in [0.05, 0.1) is 6.33 Å². The second-order valence-electron chi connectivity index (χ2n) is 8.51. The molecule has 1 fully saturated rings. The molecule has 0 amide bonds. The molecule has 0 aliphatic carbocycles. The van der Waals surface area contributed by atoms with E-state index in [1.54, 1.807) is 6.20 Å². The van der Waals surface area contributed by atoms with Crippen LogP contribution in [0.2, 0.25) is 0 Å². The SMILES string of the molecule is CCCc1cnc(N2CCC(OC3=CCN(c4ccc(-n5ccnc5)cc4)C=C3)CC2)nc1. The Hall–Kier alpha value is -3.61. The van der Waals surface area contributed by atoms with E-state index in [-0.39, 0.29) is 6.10 Å². The lowest BCUT2D eigenvalue weighted by Crippen LogP contribution is -2.38. The average Bonchev–Trinajstić information content (AvgIpc) is 3.41. The minimum atomic E-state index is 0.234. The van der Waals surface area contributed by atoms with Gasteiger partial charge in [-0.05, 0) is 48.4 Å². The Morgan fingerprint density at radius 2 is 1.79 bits per heavy atom. The van der Waals surface area contributed by atoms with Crippen molar-refractivity contribution < 1.29 is 4.74 Å². The van der Waals surface area contributed by atoms with Crippen molar-refractivity contribution in [2.75, 3.05) is 29.4 Å². The van der Waals surface area contributed by atoms with Crippen LogP contribution < -0.4 is 9.80 Å². The van der Waals surface area contributed by atoms with Gasteiger partial charge in [0.15, 0.2) is 0 Å². The van der Waals surface area contributed by atoms with Crippen molar-refractivity contribution in [1.82, 2.24) is 19.5 Å². The summed E-state index contributed by atoms with van der Waals surface area (Å²) in [7, 11) is 0. The Labute approximate surface area is 195 Å². The first-order valence-corrected chi connectivity index (χ1v) is 11.7. The van der Waals surface area contributed by atoms with E-state index < -0.39 is 0 Å². The number of piperidine rings is 1. The molecule has 0 unspecified atom stereocenters. The van der Waals surface area contributed by atoms with Crippen LogP contribution >= 0.6 is 0 Å². The number of hydrogen-bond acceptors (Lipinski definition) is 6. The highest BCUT2D eigenvalue weighted by Gasteiger charge is 2.23. The van der Waals surface area contributed by atoms with Gasteiger partial charge in [0.2, 0.25) is 5.95 Å². The number of anilines is 2. The second-order valence-corrected chi connectivity index (χ2v) is 8.51. The molecule has 33 heavy (non-hydrogen) atoms. The van der Waals surface area contributed by atoms with Gasteiger partial charge in [-0.2, -0.15) is 0 Å². The number of nitrogens with zero attached hydrogens (tertiary/aromatic N) is 6. The quantitative estimate of drug-likeness (QED) is 0.536. The number of rotatable bonds is 7. The number of ether oxygens (including phenoxy) is 1. The molecular formula is C26H30N6O. The Morgan fingerprint density at radius 3 is 2.42 bits per heavy atom. The maximum atomic E-state index is 6.29. The molecule has 2 aromatic heterocycles. The molecule has 0 spiro atoms. The fourth-order valence-electron chi connectivity index (χ4n) is 4.28. The molecule has 0 saturated carbocycles. The first kappa shape index (κ1) is 21.2. The molecule has 1 aromatic carbocycles. The highest BCUT2D eigenvalue weighted by Crippen LogP contribution is 2.24. The molecule has 7 heteroatoms. The summed E-state index contributed by atoms with van der Waals surface area (Å²) in [5.41, 5.74) is 3.47. The van der Waals surface area contributed by atoms with Crippen molar-refractivity contribution in [3.05, 3.63) is 85.1 Å². The second kappa shape index (κ2) is 9.90. The highest BCUT2D eigenvalue weighted by atomic mass is 16.5. The van der Waals surface area contributed by atoms with E-state index in [2.05, 4.69) is 74.3 Å². The lowest BCUT2D eigenvalue weighted by Gasteiger charge is -2.33. The summed E-state index contributed by atoms with van der Waals surface area (Å²) in [5.74, 6) is 1.79. The predicted octanol–water partition coefficient (Wildman–Crippen LogP) is 4.52. The van der Waals surface area contributed by atoms with Gasteiger partial charge in [0, 0.05) is 74.8 Å². The molecule has 1 saturated heterocycles. The van der Waals surface area contributed by atoms with Crippen molar-refractivity contribution in [3.8, 4) is 5.69 Å². The zero-order valence-electron chi connectivity index (χ0n) is 19.0. The van der Waals surface area contributed by atoms with Crippen molar-refractivity contribution in [3.63, 3.8) is 0 Å². The molecule has 2 aliphatic heterocycles. The minimum Gasteiger partial charge on any atom is -0.491 e. The molecule has 0 N–H and O–H groups in total. The van der Waals surface area contributed by atoms with Gasteiger partial charge in [-0.15, -0.1) is 0 Å². The normalized spacial score (nSPS) is 16.7. The number of hydrogen-bond donors (Lipinski definition) is 0. The first-order valence-electron chi connectivity index (χ1n) is 11.7. The number of imidazole rings is 1. The van der Waals surface area contributed by atoms with Gasteiger partial charge in [0.25, 0.3) is 0 Å². The minimum absolute atomic E-state index is 0.234. The van der Waals surface area contributed by atoms with Crippen LogP contribution in [0.5, 0.6) is 0 Å². The molecule has 7 nitrogen and oxygen atoms in total. The van der Waals surface area contributed by atoms with E-state index in [1.165, 1.54) is 5.56 Å².